The van der Waals surface area contributed by atoms with Gasteiger partial charge in [-0.2, -0.15) is 0 Å². The topological polar surface area (TPSA) is 82.1 Å². The number of benzene rings is 1. The van der Waals surface area contributed by atoms with Crippen molar-refractivity contribution in [1.82, 2.24) is 4.98 Å². The summed E-state index contributed by atoms with van der Waals surface area (Å²) in [6, 6.07) is 5.89. The predicted molar refractivity (Wildman–Crippen MR) is 88.0 cm³/mol. The molecule has 23 heavy (non-hydrogen) atoms. The van der Waals surface area contributed by atoms with E-state index in [0.29, 0.717) is 18.0 Å². The molecule has 5 nitrogen and oxygen atoms in total. The van der Waals surface area contributed by atoms with Crippen molar-refractivity contribution in [2.75, 3.05) is 5.32 Å². The van der Waals surface area contributed by atoms with E-state index in [4.69, 9.17) is 0 Å². The average molecular weight is 329 g/mol. The number of fused-ring (bicyclic) bond motifs is 1. The molecule has 1 aliphatic carbocycles. The van der Waals surface area contributed by atoms with Crippen LogP contribution in [0.2, 0.25) is 0 Å². The van der Waals surface area contributed by atoms with Gasteiger partial charge < -0.3 is 15.2 Å². The predicted octanol–water partition coefficient (Wildman–Crippen LogP) is 2.27. The molecule has 0 saturated carbocycles. The Hall–Kier alpha value is -2.21. The Balaban J connectivity index is 1.81. The fourth-order valence-corrected chi connectivity index (χ4v) is 3.85. The van der Waals surface area contributed by atoms with Crippen molar-refractivity contribution in [2.45, 2.75) is 26.7 Å². The molecule has 1 aliphatic rings. The van der Waals surface area contributed by atoms with Gasteiger partial charge in [-0.25, -0.2) is 4.98 Å². The number of thiazole rings is 1. The van der Waals surface area contributed by atoms with Gasteiger partial charge in [-0.3, -0.25) is 4.79 Å². The van der Waals surface area contributed by atoms with Crippen LogP contribution in [0.15, 0.2) is 29.8 Å². The lowest BCUT2D eigenvalue weighted by Gasteiger charge is -2.29. The molecule has 0 fully saturated rings. The SMILES string of the molecule is CC1=CC[C@H](C(=O)[O-])[C@@H](C(=O)Nc2nc3ccc(C)cc3s2)C1. The Bertz CT molecular complexity index is 809. The summed E-state index contributed by atoms with van der Waals surface area (Å²) in [4.78, 5) is 28.2. The number of anilines is 1. The molecule has 3 rings (SSSR count). The van der Waals surface area contributed by atoms with Crippen molar-refractivity contribution in [1.29, 1.82) is 0 Å². The summed E-state index contributed by atoms with van der Waals surface area (Å²) >= 11 is 1.39. The highest BCUT2D eigenvalue weighted by atomic mass is 32.1. The molecule has 0 spiro atoms. The number of rotatable bonds is 3. The van der Waals surface area contributed by atoms with E-state index in [1.54, 1.807) is 0 Å². The molecule has 1 N–H and O–H groups in total. The number of nitrogens with one attached hydrogen (secondary N) is 1. The highest BCUT2D eigenvalue weighted by molar-refractivity contribution is 7.22. The number of carbonyl (C=O) groups excluding carboxylic acids is 2. The van der Waals surface area contributed by atoms with Gasteiger partial charge in [0.2, 0.25) is 5.91 Å². The van der Waals surface area contributed by atoms with Crippen LogP contribution < -0.4 is 10.4 Å². The molecule has 1 aromatic carbocycles. The van der Waals surface area contributed by atoms with Crippen LogP contribution in [0.5, 0.6) is 0 Å². The van der Waals surface area contributed by atoms with Crippen molar-refractivity contribution in [3.8, 4) is 0 Å². The van der Waals surface area contributed by atoms with E-state index in [2.05, 4.69) is 10.3 Å². The van der Waals surface area contributed by atoms with E-state index in [1.807, 2.05) is 38.1 Å². The van der Waals surface area contributed by atoms with Gasteiger partial charge in [0, 0.05) is 11.9 Å². The van der Waals surface area contributed by atoms with Crippen LogP contribution in [0.1, 0.15) is 25.3 Å². The van der Waals surface area contributed by atoms with Crippen LogP contribution in [0.25, 0.3) is 10.2 Å². The second kappa shape index (κ2) is 6.12. The van der Waals surface area contributed by atoms with Crippen LogP contribution in [-0.4, -0.2) is 16.9 Å². The fraction of sp³-hybridized carbons (Fsp3) is 0.353. The molecule has 1 heterocycles. The van der Waals surface area contributed by atoms with E-state index < -0.39 is 17.8 Å². The zero-order valence-electron chi connectivity index (χ0n) is 13.0. The molecular weight excluding hydrogens is 312 g/mol. The van der Waals surface area contributed by atoms with Crippen molar-refractivity contribution in [3.05, 3.63) is 35.4 Å². The largest absolute Gasteiger partial charge is 0.550 e. The lowest BCUT2D eigenvalue weighted by molar-refractivity contribution is -0.313. The standard InChI is InChI=1S/C17H18N2O3S/c1-9-3-5-11(16(21)22)12(7-9)15(20)19-17-18-13-6-4-10(2)8-14(13)23-17/h3-4,6,8,11-12H,5,7H2,1-2H3,(H,21,22)(H,18,19,20)/p-1/t11-,12-/m0/s1. The normalized spacial score (nSPS) is 21.0. The second-order valence-corrected chi connectivity index (χ2v) is 7.03. The molecule has 6 heteroatoms. The minimum atomic E-state index is -1.17. The number of allylic oxidation sites excluding steroid dienone is 2. The first-order valence-corrected chi connectivity index (χ1v) is 8.30. The summed E-state index contributed by atoms with van der Waals surface area (Å²) in [5.41, 5.74) is 2.98. The first kappa shape index (κ1) is 15.7. The van der Waals surface area contributed by atoms with Crippen molar-refractivity contribution < 1.29 is 14.7 Å². The Kier molecular flexibility index (Phi) is 4.17. The number of carboxylic acids is 1. The molecule has 2 atom stereocenters. The van der Waals surface area contributed by atoms with Crippen molar-refractivity contribution >= 4 is 38.6 Å². The highest BCUT2D eigenvalue weighted by Gasteiger charge is 2.32. The van der Waals surface area contributed by atoms with E-state index in [-0.39, 0.29) is 5.91 Å². The van der Waals surface area contributed by atoms with E-state index in [0.717, 1.165) is 21.4 Å². The summed E-state index contributed by atoms with van der Waals surface area (Å²) in [6.07, 6.45) is 2.64. The first-order chi connectivity index (χ1) is 10.9. The number of hydrogen-bond donors (Lipinski definition) is 1. The number of amides is 1. The van der Waals surface area contributed by atoms with Gasteiger partial charge in [0.05, 0.1) is 16.1 Å². The smallest absolute Gasteiger partial charge is 0.230 e. The van der Waals surface area contributed by atoms with Gasteiger partial charge in [0.1, 0.15) is 0 Å². The van der Waals surface area contributed by atoms with Crippen LogP contribution in [0.4, 0.5) is 5.13 Å². The number of aromatic nitrogens is 1. The number of carbonyl (C=O) groups is 2. The lowest BCUT2D eigenvalue weighted by atomic mass is 9.79. The molecule has 0 aliphatic heterocycles. The van der Waals surface area contributed by atoms with Gasteiger partial charge in [0.15, 0.2) is 5.13 Å². The third-order valence-electron chi connectivity index (χ3n) is 4.16. The minimum Gasteiger partial charge on any atom is -0.550 e. The van der Waals surface area contributed by atoms with Crippen molar-refractivity contribution in [3.63, 3.8) is 0 Å². The molecule has 0 radical (unpaired) electrons. The summed E-state index contributed by atoms with van der Waals surface area (Å²) in [5.74, 6) is -2.87. The number of hydrogen-bond acceptors (Lipinski definition) is 5. The fourth-order valence-electron chi connectivity index (χ4n) is 2.88. The number of carboxylic acid groups (broad SMARTS) is 1. The summed E-state index contributed by atoms with van der Waals surface area (Å²) in [5, 5.41) is 14.5. The van der Waals surface area contributed by atoms with Gasteiger partial charge in [-0.1, -0.05) is 29.1 Å². The van der Waals surface area contributed by atoms with E-state index >= 15 is 0 Å². The Morgan fingerprint density at radius 3 is 2.83 bits per heavy atom. The molecule has 2 aromatic rings. The second-order valence-electron chi connectivity index (χ2n) is 6.00. The van der Waals surface area contributed by atoms with Gasteiger partial charge in [-0.15, -0.1) is 0 Å². The van der Waals surface area contributed by atoms with Crippen LogP contribution in [0, 0.1) is 18.8 Å². The van der Waals surface area contributed by atoms with Crippen LogP contribution >= 0.6 is 11.3 Å². The van der Waals surface area contributed by atoms with Gasteiger partial charge >= 0.3 is 0 Å². The average Bonchev–Trinajstić information content (AvgIpc) is 2.88. The van der Waals surface area contributed by atoms with E-state index in [1.165, 1.54) is 11.3 Å². The van der Waals surface area contributed by atoms with Gasteiger partial charge in [-0.05, 0) is 44.4 Å². The molecule has 120 valence electrons. The molecule has 0 unspecified atom stereocenters. The Morgan fingerprint density at radius 1 is 1.30 bits per heavy atom. The Morgan fingerprint density at radius 2 is 2.09 bits per heavy atom. The third kappa shape index (κ3) is 3.27. The maximum Gasteiger partial charge on any atom is 0.230 e. The third-order valence-corrected chi connectivity index (χ3v) is 5.10. The van der Waals surface area contributed by atoms with E-state index in [9.17, 15) is 14.7 Å². The monoisotopic (exact) mass is 329 g/mol. The van der Waals surface area contributed by atoms with Crippen LogP contribution in [0.3, 0.4) is 0 Å². The number of aliphatic carboxylic acids is 1. The van der Waals surface area contributed by atoms with Gasteiger partial charge in [0.25, 0.3) is 0 Å². The minimum absolute atomic E-state index is 0.303. The maximum absolute atomic E-state index is 12.5. The summed E-state index contributed by atoms with van der Waals surface area (Å²) < 4.78 is 0.997. The molecule has 1 aromatic heterocycles. The summed E-state index contributed by atoms with van der Waals surface area (Å²) in [6.45, 7) is 3.91. The molecule has 0 saturated heterocycles. The zero-order chi connectivity index (χ0) is 16.6. The quantitative estimate of drug-likeness (QED) is 0.876. The highest BCUT2D eigenvalue weighted by Crippen LogP contribution is 2.32. The van der Waals surface area contributed by atoms with Crippen LogP contribution in [-0.2, 0) is 9.59 Å². The molecular formula is C17H17N2O3S-. The number of nitrogens with zero attached hydrogens (tertiary/aromatic N) is 1. The molecule has 0 bridgehead atoms. The number of aryl methyl sites for hydroxylation is 1. The zero-order valence-corrected chi connectivity index (χ0v) is 13.8. The lowest BCUT2D eigenvalue weighted by Crippen LogP contribution is -2.42. The Labute approximate surface area is 138 Å². The molecule has 1 amide bonds. The first-order valence-electron chi connectivity index (χ1n) is 7.48. The maximum atomic E-state index is 12.5. The van der Waals surface area contributed by atoms with Crippen molar-refractivity contribution in [2.24, 2.45) is 11.8 Å². The summed E-state index contributed by atoms with van der Waals surface area (Å²) in [7, 11) is 0.